The van der Waals surface area contributed by atoms with Crippen molar-refractivity contribution in [3.63, 3.8) is 0 Å². The summed E-state index contributed by atoms with van der Waals surface area (Å²) in [6.45, 7) is 0. The fourth-order valence-corrected chi connectivity index (χ4v) is 0. The molecule has 0 aromatic carbocycles. The third-order valence-corrected chi connectivity index (χ3v) is 0. The third kappa shape index (κ3) is 1090. The minimum absolute atomic E-state index is 0.500. The molecule has 0 aliphatic heterocycles. The fraction of sp³-hybridized carbons (Fsp3) is 1.00. The van der Waals surface area contributed by atoms with Gasteiger partial charge in [-0.05, 0) is 0 Å². The number of hydrogen-bond donors (Lipinski definition) is 0. The first-order valence-corrected chi connectivity index (χ1v) is 4.67. The summed E-state index contributed by atoms with van der Waals surface area (Å²) in [4.78, 5) is 0. The van der Waals surface area contributed by atoms with Crippen molar-refractivity contribution in [3.05, 3.63) is 0 Å². The molecule has 0 aromatic heterocycles. The Kier molecular flexibility index (Phi) is 14.2. The van der Waals surface area contributed by atoms with Crippen molar-refractivity contribution in [2.75, 3.05) is 18.8 Å². The van der Waals surface area contributed by atoms with Gasteiger partial charge in [-0.25, -0.2) is 0 Å². The van der Waals surface area contributed by atoms with Gasteiger partial charge in [0.2, 0.25) is 6.26 Å². The summed E-state index contributed by atoms with van der Waals surface area (Å²) in [5.74, 6) is 0. The van der Waals surface area contributed by atoms with E-state index in [2.05, 4.69) is 0 Å². The molecule has 0 radical (unpaired) electrons. The summed E-state index contributed by atoms with van der Waals surface area (Å²) in [6, 6.07) is 0. The molecule has 44 valence electrons. The molecule has 0 aliphatic rings. The van der Waals surface area contributed by atoms with E-state index in [1.54, 1.807) is 12.5 Å². The zero-order valence-corrected chi connectivity index (χ0v) is 6.27. The first-order valence-electron chi connectivity index (χ1n) is 1.56. The zero-order chi connectivity index (χ0) is 6.28. The first-order chi connectivity index (χ1) is 3.15. The predicted molar refractivity (Wildman–Crippen MR) is 34.0 cm³/mol. The summed E-state index contributed by atoms with van der Waals surface area (Å²) >= 11 is -0.111. The summed E-state index contributed by atoms with van der Waals surface area (Å²) in [5.41, 5.74) is 0. The molecule has 2 nitrogen and oxygen atoms in total. The van der Waals surface area contributed by atoms with Crippen LogP contribution in [0.5, 0.6) is 0 Å². The second-order valence-electron chi connectivity index (χ2n) is 0.908. The summed E-state index contributed by atoms with van der Waals surface area (Å²) < 4.78 is 18.4. The molecule has 0 saturated heterocycles. The van der Waals surface area contributed by atoms with E-state index in [1.165, 1.54) is 6.26 Å². The zero-order valence-electron chi connectivity index (χ0n) is 4.63. The van der Waals surface area contributed by atoms with E-state index in [9.17, 15) is 4.55 Å². The van der Waals surface area contributed by atoms with Gasteiger partial charge in [-0.3, -0.25) is 0 Å². The molecule has 0 aliphatic carbocycles. The number of rotatable bonds is 0. The van der Waals surface area contributed by atoms with Gasteiger partial charge in [0.05, 0.1) is 12.5 Å². The minimum Gasteiger partial charge on any atom is -0.617 e. The maximum absolute atomic E-state index is 9.56. The molecular formula is C3H9O2S2+. The third-order valence-electron chi connectivity index (χ3n) is 0. The van der Waals surface area contributed by atoms with E-state index >= 15 is 0 Å². The Labute approximate surface area is 51.0 Å². The van der Waals surface area contributed by atoms with E-state index in [1.807, 2.05) is 0 Å². The monoisotopic (exact) mass is 141 g/mol. The van der Waals surface area contributed by atoms with Crippen LogP contribution in [0.3, 0.4) is 0 Å². The maximum atomic E-state index is 9.56. The molecule has 0 amide bonds. The Bertz CT molecular complexity index is 35.2. The van der Waals surface area contributed by atoms with Crippen LogP contribution in [0, 0.1) is 0 Å². The maximum Gasteiger partial charge on any atom is 0.455 e. The highest BCUT2D eigenvalue weighted by molar-refractivity contribution is 7.89. The van der Waals surface area contributed by atoms with Gasteiger partial charge in [0, 0.05) is 4.21 Å². The molecule has 0 N–H and O–H groups in total. The normalized spacial score (nSPS) is 7.00. The quantitative estimate of drug-likeness (QED) is 0.447. The molecule has 0 saturated carbocycles. The first kappa shape index (κ1) is 10.3. The van der Waals surface area contributed by atoms with Crippen molar-refractivity contribution in [3.8, 4) is 0 Å². The second-order valence-corrected chi connectivity index (χ2v) is 2.72. The van der Waals surface area contributed by atoms with Crippen LogP contribution < -0.4 is 0 Å². The van der Waals surface area contributed by atoms with Crippen LogP contribution in [-0.4, -0.2) is 23.3 Å². The molecule has 4 heteroatoms. The van der Waals surface area contributed by atoms with Crippen molar-refractivity contribution in [1.29, 1.82) is 0 Å². The highest BCUT2D eigenvalue weighted by Gasteiger charge is 1.66. The van der Waals surface area contributed by atoms with Crippen molar-refractivity contribution < 1.29 is 8.76 Å². The van der Waals surface area contributed by atoms with Crippen LogP contribution in [0.4, 0.5) is 0 Å². The average molecular weight is 141 g/mol. The van der Waals surface area contributed by atoms with Gasteiger partial charge in [0.15, 0.2) is 0 Å². The van der Waals surface area contributed by atoms with Gasteiger partial charge in [0.1, 0.15) is 0 Å². The fourth-order valence-electron chi connectivity index (χ4n) is 0. The van der Waals surface area contributed by atoms with Crippen molar-refractivity contribution in [2.45, 2.75) is 0 Å². The lowest BCUT2D eigenvalue weighted by molar-refractivity contribution is 0.606. The molecular weight excluding hydrogens is 132 g/mol. The van der Waals surface area contributed by atoms with Gasteiger partial charge in [-0.2, -0.15) is 0 Å². The Morgan fingerprint density at radius 2 is 1.57 bits per heavy atom. The molecule has 7 heavy (non-hydrogen) atoms. The van der Waals surface area contributed by atoms with Gasteiger partial charge >= 0.3 is 11.7 Å². The lowest BCUT2D eigenvalue weighted by Gasteiger charge is -1.87. The van der Waals surface area contributed by atoms with E-state index < -0.39 is 11.2 Å². The Balaban J connectivity index is 0. The van der Waals surface area contributed by atoms with Crippen LogP contribution in [0.15, 0.2) is 0 Å². The van der Waals surface area contributed by atoms with E-state index in [0.717, 1.165) is 0 Å². The van der Waals surface area contributed by atoms with Gasteiger partial charge < -0.3 is 4.55 Å². The lowest BCUT2D eigenvalue weighted by atomic mass is 11.9. The lowest BCUT2D eigenvalue weighted by Crippen LogP contribution is -1.86. The molecule has 0 spiro atoms. The van der Waals surface area contributed by atoms with Crippen LogP contribution >= 0.6 is 0 Å². The van der Waals surface area contributed by atoms with Crippen LogP contribution in [0.2, 0.25) is 0 Å². The molecule has 0 bridgehead atoms. The Morgan fingerprint density at radius 3 is 1.57 bits per heavy atom. The van der Waals surface area contributed by atoms with Crippen molar-refractivity contribution in [1.82, 2.24) is 0 Å². The Hall–Kier alpha value is 0.330. The van der Waals surface area contributed by atoms with Gasteiger partial charge in [-0.1, -0.05) is 11.2 Å². The van der Waals surface area contributed by atoms with Gasteiger partial charge in [0.25, 0.3) is 0 Å². The molecule has 0 unspecified atom stereocenters. The largest absolute Gasteiger partial charge is 0.617 e. The molecule has 0 rings (SSSR count). The van der Waals surface area contributed by atoms with Crippen molar-refractivity contribution in [2.24, 2.45) is 0 Å². The highest BCUT2D eigenvalue weighted by atomic mass is 32.2. The van der Waals surface area contributed by atoms with E-state index in [-0.39, 0.29) is 0 Å². The number of hydrogen-bond acceptors (Lipinski definition) is 2. The predicted octanol–water partition coefficient (Wildman–Crippen LogP) is 0.0390. The van der Waals surface area contributed by atoms with Crippen LogP contribution in [0.25, 0.3) is 0 Å². The average Bonchev–Trinajstić information content (AvgIpc) is 1.33. The van der Waals surface area contributed by atoms with Gasteiger partial charge in [-0.15, -0.1) is 0 Å². The summed E-state index contributed by atoms with van der Waals surface area (Å²) in [7, 11) is 0. The smallest absolute Gasteiger partial charge is 0.455 e. The standard InChI is InChI=1S/C2H6OS.CH3OS/c1-4(2)3;1-3-2/h1-2H3;1H3/q;+1. The van der Waals surface area contributed by atoms with E-state index in [0.29, 0.717) is 11.7 Å². The van der Waals surface area contributed by atoms with Crippen LogP contribution in [0.1, 0.15) is 0 Å². The summed E-state index contributed by atoms with van der Waals surface area (Å²) in [5, 5.41) is 0. The molecule has 0 heterocycles. The van der Waals surface area contributed by atoms with Crippen LogP contribution in [-0.2, 0) is 27.1 Å². The molecule has 0 atom stereocenters. The highest BCUT2D eigenvalue weighted by Crippen LogP contribution is 1.61. The second kappa shape index (κ2) is 9.59. The molecule has 0 fully saturated rings. The van der Waals surface area contributed by atoms with Crippen molar-refractivity contribution >= 4 is 22.8 Å². The topological polar surface area (TPSA) is 40.1 Å². The summed E-state index contributed by atoms with van der Waals surface area (Å²) in [6.07, 6.45) is 4.76. The molecule has 0 aromatic rings. The SMILES string of the molecule is C[S+](C)[O-].C[S+]=O. The minimum atomic E-state index is -0.611. The Morgan fingerprint density at radius 1 is 1.57 bits per heavy atom. The van der Waals surface area contributed by atoms with E-state index in [4.69, 9.17) is 4.21 Å².